The van der Waals surface area contributed by atoms with E-state index in [1.54, 1.807) is 4.90 Å². The highest BCUT2D eigenvalue weighted by Crippen LogP contribution is 2.30. The predicted molar refractivity (Wildman–Crippen MR) is 71.7 cm³/mol. The summed E-state index contributed by atoms with van der Waals surface area (Å²) < 4.78 is 5.39. The molecule has 1 heterocycles. The number of carbonyl (C=O) groups excluding carboxylic acids is 1. The molecule has 1 aliphatic heterocycles. The van der Waals surface area contributed by atoms with Crippen LogP contribution in [-0.2, 0) is 11.2 Å². The van der Waals surface area contributed by atoms with Crippen LogP contribution in [0.2, 0.25) is 0 Å². The molecule has 0 fully saturated rings. The molecule has 3 heteroatoms. The lowest BCUT2D eigenvalue weighted by molar-refractivity contribution is 0.0584. The third-order valence-corrected chi connectivity index (χ3v) is 2.76. The number of fused-ring (bicyclic) bond motifs is 1. The molecule has 2 rings (SSSR count). The first-order valence-corrected chi connectivity index (χ1v) is 6.01. The van der Waals surface area contributed by atoms with Crippen molar-refractivity contribution in [1.82, 2.24) is 0 Å². The van der Waals surface area contributed by atoms with E-state index >= 15 is 0 Å². The SMILES string of the molecule is C#Cc1ccc2c(c1)N(C(=O)OC(C)(C)C)CC2. The molecule has 94 valence electrons. The van der Waals surface area contributed by atoms with Gasteiger partial charge in [-0.2, -0.15) is 0 Å². The molecule has 1 aliphatic rings. The van der Waals surface area contributed by atoms with E-state index in [1.807, 2.05) is 39.0 Å². The normalized spacial score (nSPS) is 14.0. The minimum Gasteiger partial charge on any atom is -0.443 e. The Kier molecular flexibility index (Phi) is 3.04. The minimum atomic E-state index is -0.483. The summed E-state index contributed by atoms with van der Waals surface area (Å²) in [7, 11) is 0. The van der Waals surface area contributed by atoms with Gasteiger partial charge in [-0.1, -0.05) is 12.0 Å². The number of benzene rings is 1. The Morgan fingerprint density at radius 3 is 2.78 bits per heavy atom. The van der Waals surface area contributed by atoms with Crippen molar-refractivity contribution in [3.8, 4) is 12.3 Å². The van der Waals surface area contributed by atoms with Gasteiger partial charge in [0.15, 0.2) is 0 Å². The number of carbonyl (C=O) groups is 1. The molecule has 0 atom stereocenters. The second kappa shape index (κ2) is 4.38. The maximum absolute atomic E-state index is 12.1. The molecule has 0 aromatic heterocycles. The first kappa shape index (κ1) is 12.5. The lowest BCUT2D eigenvalue weighted by Crippen LogP contribution is -2.35. The van der Waals surface area contributed by atoms with Crippen molar-refractivity contribution >= 4 is 11.8 Å². The fourth-order valence-electron chi connectivity index (χ4n) is 1.98. The molecule has 1 amide bonds. The molecule has 0 aliphatic carbocycles. The number of terminal acetylenes is 1. The van der Waals surface area contributed by atoms with Gasteiger partial charge in [0, 0.05) is 12.1 Å². The average Bonchev–Trinajstić information content (AvgIpc) is 2.69. The van der Waals surface area contributed by atoms with Gasteiger partial charge >= 0.3 is 6.09 Å². The summed E-state index contributed by atoms with van der Waals surface area (Å²) in [6.45, 7) is 6.23. The number of hydrogen-bond donors (Lipinski definition) is 0. The lowest BCUT2D eigenvalue weighted by atomic mass is 10.1. The predicted octanol–water partition coefficient (Wildman–Crippen LogP) is 2.97. The molecule has 0 unspecified atom stereocenters. The van der Waals surface area contributed by atoms with Crippen LogP contribution in [0.1, 0.15) is 31.9 Å². The third-order valence-electron chi connectivity index (χ3n) is 2.76. The molecule has 0 spiro atoms. The Morgan fingerprint density at radius 1 is 1.44 bits per heavy atom. The van der Waals surface area contributed by atoms with Gasteiger partial charge in [0.1, 0.15) is 5.60 Å². The van der Waals surface area contributed by atoms with Crippen LogP contribution in [0.4, 0.5) is 10.5 Å². The number of amides is 1. The molecule has 0 saturated carbocycles. The summed E-state index contributed by atoms with van der Waals surface area (Å²) in [5, 5.41) is 0. The zero-order valence-electron chi connectivity index (χ0n) is 11.0. The molecular weight excluding hydrogens is 226 g/mol. The monoisotopic (exact) mass is 243 g/mol. The van der Waals surface area contributed by atoms with Crippen molar-refractivity contribution in [3.63, 3.8) is 0 Å². The Labute approximate surface area is 108 Å². The van der Waals surface area contributed by atoms with Crippen molar-refractivity contribution in [3.05, 3.63) is 29.3 Å². The van der Waals surface area contributed by atoms with Gasteiger partial charge < -0.3 is 4.74 Å². The van der Waals surface area contributed by atoms with Gasteiger partial charge in [-0.15, -0.1) is 6.42 Å². The summed E-state index contributed by atoms with van der Waals surface area (Å²) >= 11 is 0. The van der Waals surface area contributed by atoms with E-state index in [0.717, 1.165) is 23.2 Å². The first-order chi connectivity index (χ1) is 8.40. The molecular formula is C15H17NO2. The van der Waals surface area contributed by atoms with E-state index in [2.05, 4.69) is 5.92 Å². The van der Waals surface area contributed by atoms with Gasteiger partial charge in [-0.05, 0) is 44.9 Å². The molecule has 18 heavy (non-hydrogen) atoms. The molecule has 0 saturated heterocycles. The van der Waals surface area contributed by atoms with E-state index in [-0.39, 0.29) is 6.09 Å². The number of nitrogens with zero attached hydrogens (tertiary/aromatic N) is 1. The zero-order chi connectivity index (χ0) is 13.3. The zero-order valence-corrected chi connectivity index (χ0v) is 11.0. The highest BCUT2D eigenvalue weighted by molar-refractivity contribution is 5.90. The van der Waals surface area contributed by atoms with Crippen LogP contribution in [0.15, 0.2) is 18.2 Å². The van der Waals surface area contributed by atoms with E-state index in [0.29, 0.717) is 6.54 Å². The maximum Gasteiger partial charge on any atom is 0.414 e. The third kappa shape index (κ3) is 2.48. The van der Waals surface area contributed by atoms with Crippen LogP contribution in [0.5, 0.6) is 0 Å². The average molecular weight is 243 g/mol. The van der Waals surface area contributed by atoms with Gasteiger partial charge in [0.05, 0.1) is 5.69 Å². The van der Waals surface area contributed by atoms with Crippen molar-refractivity contribution in [2.24, 2.45) is 0 Å². The number of hydrogen-bond acceptors (Lipinski definition) is 2. The molecule has 0 N–H and O–H groups in total. The fourth-order valence-corrected chi connectivity index (χ4v) is 1.98. The van der Waals surface area contributed by atoms with E-state index < -0.39 is 5.60 Å². The van der Waals surface area contributed by atoms with Crippen LogP contribution in [-0.4, -0.2) is 18.2 Å². The van der Waals surface area contributed by atoms with Crippen molar-refractivity contribution in [2.75, 3.05) is 11.4 Å². The second-order valence-corrected chi connectivity index (χ2v) is 5.37. The lowest BCUT2D eigenvalue weighted by Gasteiger charge is -2.24. The summed E-state index contributed by atoms with van der Waals surface area (Å²) in [5.74, 6) is 2.59. The maximum atomic E-state index is 12.1. The summed E-state index contributed by atoms with van der Waals surface area (Å²) in [5.41, 5.74) is 2.31. The Balaban J connectivity index is 2.26. The highest BCUT2D eigenvalue weighted by Gasteiger charge is 2.28. The molecule has 0 bridgehead atoms. The Hall–Kier alpha value is -1.95. The number of ether oxygens (including phenoxy) is 1. The van der Waals surface area contributed by atoms with Gasteiger partial charge in [-0.3, -0.25) is 4.90 Å². The van der Waals surface area contributed by atoms with Crippen molar-refractivity contribution in [2.45, 2.75) is 32.8 Å². The highest BCUT2D eigenvalue weighted by atomic mass is 16.6. The van der Waals surface area contributed by atoms with Gasteiger partial charge in [0.25, 0.3) is 0 Å². The molecule has 3 nitrogen and oxygen atoms in total. The van der Waals surface area contributed by atoms with Crippen molar-refractivity contribution < 1.29 is 9.53 Å². The van der Waals surface area contributed by atoms with Crippen molar-refractivity contribution in [1.29, 1.82) is 0 Å². The van der Waals surface area contributed by atoms with Gasteiger partial charge in [0.2, 0.25) is 0 Å². The molecule has 1 aromatic rings. The van der Waals surface area contributed by atoms with E-state index in [1.165, 1.54) is 0 Å². The van der Waals surface area contributed by atoms with Crippen LogP contribution < -0.4 is 4.90 Å². The summed E-state index contributed by atoms with van der Waals surface area (Å²) in [4.78, 5) is 13.7. The quantitative estimate of drug-likeness (QED) is 0.656. The van der Waals surface area contributed by atoms with Crippen LogP contribution in [0, 0.1) is 12.3 Å². The van der Waals surface area contributed by atoms with E-state index in [4.69, 9.17) is 11.2 Å². The first-order valence-electron chi connectivity index (χ1n) is 6.01. The van der Waals surface area contributed by atoms with Crippen LogP contribution in [0.3, 0.4) is 0 Å². The second-order valence-electron chi connectivity index (χ2n) is 5.37. The fraction of sp³-hybridized carbons (Fsp3) is 0.400. The van der Waals surface area contributed by atoms with Crippen LogP contribution in [0.25, 0.3) is 0 Å². The number of anilines is 1. The number of rotatable bonds is 0. The van der Waals surface area contributed by atoms with E-state index in [9.17, 15) is 4.79 Å². The molecule has 1 aromatic carbocycles. The largest absolute Gasteiger partial charge is 0.443 e. The topological polar surface area (TPSA) is 29.5 Å². The summed E-state index contributed by atoms with van der Waals surface area (Å²) in [6.07, 6.45) is 5.92. The Morgan fingerprint density at radius 2 is 2.17 bits per heavy atom. The van der Waals surface area contributed by atoms with Gasteiger partial charge in [-0.25, -0.2) is 4.79 Å². The van der Waals surface area contributed by atoms with Crippen LogP contribution >= 0.6 is 0 Å². The smallest absolute Gasteiger partial charge is 0.414 e. The standard InChI is InChI=1S/C15H17NO2/c1-5-11-6-7-12-8-9-16(13(12)10-11)14(17)18-15(2,3)4/h1,6-7,10H,8-9H2,2-4H3. The summed E-state index contributed by atoms with van der Waals surface area (Å²) in [6, 6.07) is 5.75. The minimum absolute atomic E-state index is 0.310. The Bertz CT molecular complexity index is 520. The molecule has 0 radical (unpaired) electrons.